The van der Waals surface area contributed by atoms with Crippen LogP contribution < -0.4 is 4.90 Å². The second kappa shape index (κ2) is 10.1. The summed E-state index contributed by atoms with van der Waals surface area (Å²) in [7, 11) is 0. The Labute approximate surface area is 205 Å². The Kier molecular flexibility index (Phi) is 7.20. The Bertz CT molecular complexity index is 1140. The van der Waals surface area contributed by atoms with Gasteiger partial charge in [0.1, 0.15) is 11.6 Å². The largest absolute Gasteiger partial charge is 0.353 e. The van der Waals surface area contributed by atoms with Crippen molar-refractivity contribution in [2.24, 2.45) is 0 Å². The molecule has 0 N–H and O–H groups in total. The smallest absolute Gasteiger partial charge is 0.254 e. The van der Waals surface area contributed by atoms with Crippen LogP contribution in [0, 0.1) is 13.8 Å². The summed E-state index contributed by atoms with van der Waals surface area (Å²) < 4.78 is 0. The highest BCUT2D eigenvalue weighted by Crippen LogP contribution is 2.27. The number of benzene rings is 2. The molecule has 5 nitrogen and oxygen atoms in total. The van der Waals surface area contributed by atoms with Crippen molar-refractivity contribution in [2.45, 2.75) is 33.6 Å². The minimum Gasteiger partial charge on any atom is -0.353 e. The van der Waals surface area contributed by atoms with Crippen molar-refractivity contribution < 1.29 is 4.79 Å². The van der Waals surface area contributed by atoms with Crippen LogP contribution in [0.3, 0.4) is 0 Å². The zero-order chi connectivity index (χ0) is 23.5. The highest BCUT2D eigenvalue weighted by molar-refractivity contribution is 6.35. The molecule has 0 atom stereocenters. The summed E-state index contributed by atoms with van der Waals surface area (Å²) in [6, 6.07) is 13.6. The number of nitrogens with zero attached hydrogens (tertiary/aromatic N) is 4. The van der Waals surface area contributed by atoms with Crippen LogP contribution in [0.15, 0.2) is 42.5 Å². The fourth-order valence-corrected chi connectivity index (χ4v) is 4.79. The van der Waals surface area contributed by atoms with Crippen LogP contribution in [0.25, 0.3) is 0 Å². The van der Waals surface area contributed by atoms with Crippen molar-refractivity contribution in [2.75, 3.05) is 31.1 Å². The van der Waals surface area contributed by atoms with Crippen LogP contribution in [-0.4, -0.2) is 47.0 Å². The molecule has 1 aliphatic rings. The van der Waals surface area contributed by atoms with Gasteiger partial charge in [-0.3, -0.25) is 4.79 Å². The quantitative estimate of drug-likeness (QED) is 0.480. The maximum atomic E-state index is 13.0. The van der Waals surface area contributed by atoms with Gasteiger partial charge in [-0.15, -0.1) is 0 Å². The molecule has 4 rings (SSSR count). The van der Waals surface area contributed by atoms with Gasteiger partial charge in [0, 0.05) is 59.5 Å². The van der Waals surface area contributed by atoms with Crippen molar-refractivity contribution in [3.05, 3.63) is 86.3 Å². The first-order valence-electron chi connectivity index (χ1n) is 11.3. The predicted octanol–water partition coefficient (Wildman–Crippen LogP) is 5.52. The summed E-state index contributed by atoms with van der Waals surface area (Å²) in [5.74, 6) is 1.71. The molecule has 33 heavy (non-hydrogen) atoms. The molecular formula is C26H28Cl2N4O. The number of halogens is 2. The number of hydrogen-bond donors (Lipinski definition) is 0. The molecule has 2 aromatic carbocycles. The van der Waals surface area contributed by atoms with Crippen LogP contribution in [0.5, 0.6) is 0 Å². The first kappa shape index (κ1) is 23.5. The number of aryl methyl sites for hydroxylation is 3. The third-order valence-corrected chi connectivity index (χ3v) is 6.43. The Hall–Kier alpha value is -2.63. The molecule has 1 aromatic heterocycles. The molecule has 172 valence electrons. The van der Waals surface area contributed by atoms with Gasteiger partial charge in [0.25, 0.3) is 5.91 Å². The number of carbonyl (C=O) groups excluding carboxylic acids is 1. The lowest BCUT2D eigenvalue weighted by molar-refractivity contribution is 0.0746. The van der Waals surface area contributed by atoms with E-state index in [0.29, 0.717) is 41.8 Å². The summed E-state index contributed by atoms with van der Waals surface area (Å²) in [5.41, 5.74) is 5.28. The highest BCUT2D eigenvalue weighted by Gasteiger charge is 2.26. The van der Waals surface area contributed by atoms with E-state index >= 15 is 0 Å². The maximum Gasteiger partial charge on any atom is 0.254 e. The van der Waals surface area contributed by atoms with E-state index in [1.54, 1.807) is 18.2 Å². The summed E-state index contributed by atoms with van der Waals surface area (Å²) in [5, 5.41) is 0.933. The van der Waals surface area contributed by atoms with E-state index in [-0.39, 0.29) is 5.91 Å². The molecule has 0 bridgehead atoms. The zero-order valence-corrected chi connectivity index (χ0v) is 20.7. The van der Waals surface area contributed by atoms with Gasteiger partial charge < -0.3 is 9.80 Å². The lowest BCUT2D eigenvalue weighted by Gasteiger charge is -2.36. The van der Waals surface area contributed by atoms with Crippen LogP contribution in [0.4, 0.5) is 5.82 Å². The highest BCUT2D eigenvalue weighted by atomic mass is 35.5. The number of amides is 1. The Morgan fingerprint density at radius 1 is 0.939 bits per heavy atom. The van der Waals surface area contributed by atoms with Crippen LogP contribution >= 0.6 is 23.2 Å². The standard InChI is InChI=1S/C26H28Cl2N4O/c1-4-24-23(13-19-7-5-17(2)6-8-19)25(30-18(3)29-24)31-9-11-32(12-10-31)26(33)20-14-21(27)16-22(28)15-20/h5-8,14-16H,4,9-13H2,1-3H3. The molecule has 1 amide bonds. The van der Waals surface area contributed by atoms with Crippen molar-refractivity contribution in [3.8, 4) is 0 Å². The van der Waals surface area contributed by atoms with Gasteiger partial charge in [0.05, 0.1) is 0 Å². The maximum absolute atomic E-state index is 13.0. The number of anilines is 1. The molecule has 3 aromatic rings. The number of aromatic nitrogens is 2. The molecule has 0 saturated carbocycles. The van der Waals surface area contributed by atoms with E-state index in [1.807, 2.05) is 11.8 Å². The first-order chi connectivity index (χ1) is 15.8. The molecule has 1 aliphatic heterocycles. The number of carbonyl (C=O) groups is 1. The van der Waals surface area contributed by atoms with Gasteiger partial charge in [-0.2, -0.15) is 0 Å². The average Bonchev–Trinajstić information content (AvgIpc) is 2.80. The van der Waals surface area contributed by atoms with Crippen LogP contribution in [0.1, 0.15) is 45.5 Å². The third kappa shape index (κ3) is 5.48. The Morgan fingerprint density at radius 3 is 2.18 bits per heavy atom. The topological polar surface area (TPSA) is 49.3 Å². The molecular weight excluding hydrogens is 455 g/mol. The van der Waals surface area contributed by atoms with E-state index in [2.05, 4.69) is 43.0 Å². The van der Waals surface area contributed by atoms with E-state index in [4.69, 9.17) is 33.2 Å². The number of rotatable bonds is 5. The van der Waals surface area contributed by atoms with Gasteiger partial charge in [-0.05, 0) is 44.0 Å². The fourth-order valence-electron chi connectivity index (χ4n) is 4.26. The van der Waals surface area contributed by atoms with E-state index in [1.165, 1.54) is 16.7 Å². The zero-order valence-electron chi connectivity index (χ0n) is 19.2. The first-order valence-corrected chi connectivity index (χ1v) is 12.0. The molecule has 7 heteroatoms. The fraction of sp³-hybridized carbons (Fsp3) is 0.346. The molecule has 1 fully saturated rings. The van der Waals surface area contributed by atoms with E-state index in [0.717, 1.165) is 30.2 Å². The summed E-state index contributed by atoms with van der Waals surface area (Å²) in [6.07, 6.45) is 1.64. The second-order valence-corrected chi connectivity index (χ2v) is 9.35. The van der Waals surface area contributed by atoms with Gasteiger partial charge in [-0.25, -0.2) is 9.97 Å². The SMILES string of the molecule is CCc1nc(C)nc(N2CCN(C(=O)c3cc(Cl)cc(Cl)c3)CC2)c1Cc1ccc(C)cc1. The summed E-state index contributed by atoms with van der Waals surface area (Å²) in [4.78, 5) is 26.7. The summed E-state index contributed by atoms with van der Waals surface area (Å²) in [6.45, 7) is 8.81. The third-order valence-electron chi connectivity index (χ3n) is 6.00. The van der Waals surface area contributed by atoms with Gasteiger partial charge in [0.15, 0.2) is 0 Å². The van der Waals surface area contributed by atoms with Crippen molar-refractivity contribution >= 4 is 34.9 Å². The van der Waals surface area contributed by atoms with Crippen LogP contribution in [0.2, 0.25) is 10.0 Å². The minimum atomic E-state index is -0.0490. The van der Waals surface area contributed by atoms with E-state index < -0.39 is 0 Å². The lowest BCUT2D eigenvalue weighted by Crippen LogP contribution is -2.49. The lowest BCUT2D eigenvalue weighted by atomic mass is 10.0. The molecule has 0 aliphatic carbocycles. The van der Waals surface area contributed by atoms with Crippen LogP contribution in [-0.2, 0) is 12.8 Å². The Morgan fingerprint density at radius 2 is 1.58 bits per heavy atom. The molecule has 0 radical (unpaired) electrons. The molecule has 0 spiro atoms. The van der Waals surface area contributed by atoms with Crippen molar-refractivity contribution in [1.82, 2.24) is 14.9 Å². The number of hydrogen-bond acceptors (Lipinski definition) is 4. The minimum absolute atomic E-state index is 0.0490. The molecule has 2 heterocycles. The van der Waals surface area contributed by atoms with E-state index in [9.17, 15) is 4.79 Å². The normalized spacial score (nSPS) is 14.0. The predicted molar refractivity (Wildman–Crippen MR) is 135 cm³/mol. The second-order valence-electron chi connectivity index (χ2n) is 8.47. The molecule has 0 unspecified atom stereocenters. The van der Waals surface area contributed by atoms with Gasteiger partial charge in [0.2, 0.25) is 0 Å². The molecule has 1 saturated heterocycles. The summed E-state index contributed by atoms with van der Waals surface area (Å²) >= 11 is 12.2. The Balaban J connectivity index is 1.55. The average molecular weight is 483 g/mol. The van der Waals surface area contributed by atoms with Gasteiger partial charge in [-0.1, -0.05) is 60.0 Å². The monoisotopic (exact) mass is 482 g/mol. The van der Waals surface area contributed by atoms with Crippen molar-refractivity contribution in [1.29, 1.82) is 0 Å². The van der Waals surface area contributed by atoms with Crippen molar-refractivity contribution in [3.63, 3.8) is 0 Å². The number of piperazine rings is 1. The van der Waals surface area contributed by atoms with Gasteiger partial charge >= 0.3 is 0 Å².